The summed E-state index contributed by atoms with van der Waals surface area (Å²) in [5, 5.41) is 8.66. The van der Waals surface area contributed by atoms with Crippen molar-refractivity contribution >= 4 is 17.1 Å². The monoisotopic (exact) mass is 270 g/mol. The van der Waals surface area contributed by atoms with E-state index in [2.05, 4.69) is 15.3 Å². The molecule has 6 heteroatoms. The van der Waals surface area contributed by atoms with Crippen molar-refractivity contribution in [2.24, 2.45) is 0 Å². The Labute approximate surface area is 113 Å². The third kappa shape index (κ3) is 2.17. The first-order valence-electron chi connectivity index (χ1n) is 5.69. The number of aromatic nitrogens is 4. The molecule has 2 aromatic heterocycles. The van der Waals surface area contributed by atoms with E-state index < -0.39 is 0 Å². The second-order valence-corrected chi connectivity index (χ2v) is 5.17. The zero-order chi connectivity index (χ0) is 13.2. The molecule has 5 nitrogen and oxygen atoms in total. The number of rotatable bonds is 3. The molecule has 0 aliphatic heterocycles. The molecule has 2 heterocycles. The zero-order valence-corrected chi connectivity index (χ0v) is 11.0. The summed E-state index contributed by atoms with van der Waals surface area (Å²) < 4.78 is 1.54. The molecule has 0 saturated carbocycles. The second kappa shape index (κ2) is 4.74. The molecule has 0 radical (unpaired) electrons. The van der Waals surface area contributed by atoms with Crippen molar-refractivity contribution in [2.75, 3.05) is 0 Å². The summed E-state index contributed by atoms with van der Waals surface area (Å²) in [7, 11) is 0. The van der Waals surface area contributed by atoms with Crippen LogP contribution in [0.25, 0.3) is 5.69 Å². The molecular formula is C13H10N4OS. The molecule has 1 aromatic carbocycles. The Morgan fingerprint density at radius 1 is 1.21 bits per heavy atom. The largest absolute Gasteiger partial charge is 0.286 e. The number of carbonyl (C=O) groups excluding carboxylic acids is 1. The van der Waals surface area contributed by atoms with Crippen LogP contribution in [-0.4, -0.2) is 25.8 Å². The van der Waals surface area contributed by atoms with Crippen molar-refractivity contribution in [3.63, 3.8) is 0 Å². The van der Waals surface area contributed by atoms with Gasteiger partial charge in [0, 0.05) is 6.20 Å². The fourth-order valence-corrected chi connectivity index (χ4v) is 2.47. The SMILES string of the molecule is Cc1ncc(C(=O)c2cnnn2-c2ccccc2)s1. The van der Waals surface area contributed by atoms with Gasteiger partial charge in [-0.1, -0.05) is 23.4 Å². The summed E-state index contributed by atoms with van der Waals surface area (Å²) >= 11 is 1.37. The maximum absolute atomic E-state index is 12.4. The average molecular weight is 270 g/mol. The third-order valence-electron chi connectivity index (χ3n) is 2.63. The van der Waals surface area contributed by atoms with Crippen LogP contribution in [0.5, 0.6) is 0 Å². The van der Waals surface area contributed by atoms with Gasteiger partial charge >= 0.3 is 0 Å². The number of aryl methyl sites for hydroxylation is 1. The van der Waals surface area contributed by atoms with Crippen LogP contribution >= 0.6 is 11.3 Å². The predicted molar refractivity (Wildman–Crippen MR) is 71.6 cm³/mol. The third-order valence-corrected chi connectivity index (χ3v) is 3.54. The average Bonchev–Trinajstić information content (AvgIpc) is 3.07. The Morgan fingerprint density at radius 2 is 2.00 bits per heavy atom. The summed E-state index contributed by atoms with van der Waals surface area (Å²) in [5.74, 6) is -0.112. The van der Waals surface area contributed by atoms with Crippen molar-refractivity contribution in [3.8, 4) is 5.69 Å². The van der Waals surface area contributed by atoms with Crippen LogP contribution in [0, 0.1) is 6.92 Å². The van der Waals surface area contributed by atoms with Gasteiger partial charge in [-0.15, -0.1) is 16.4 Å². The van der Waals surface area contributed by atoms with Crippen LogP contribution in [0.4, 0.5) is 0 Å². The molecule has 0 bridgehead atoms. The van der Waals surface area contributed by atoms with Crippen molar-refractivity contribution in [1.82, 2.24) is 20.0 Å². The maximum atomic E-state index is 12.4. The van der Waals surface area contributed by atoms with Gasteiger partial charge in [-0.3, -0.25) is 4.79 Å². The highest BCUT2D eigenvalue weighted by atomic mass is 32.1. The quantitative estimate of drug-likeness (QED) is 0.685. The summed E-state index contributed by atoms with van der Waals surface area (Å²) in [6.45, 7) is 1.87. The van der Waals surface area contributed by atoms with Gasteiger partial charge in [-0.05, 0) is 19.1 Å². The number of para-hydroxylation sites is 1. The molecule has 0 spiro atoms. The van der Waals surface area contributed by atoms with E-state index in [0.29, 0.717) is 10.6 Å². The minimum Gasteiger partial charge on any atom is -0.286 e. The van der Waals surface area contributed by atoms with Gasteiger partial charge in [0.2, 0.25) is 5.78 Å². The fourth-order valence-electron chi connectivity index (χ4n) is 1.74. The number of nitrogens with zero attached hydrogens (tertiary/aromatic N) is 4. The Morgan fingerprint density at radius 3 is 2.68 bits per heavy atom. The topological polar surface area (TPSA) is 60.7 Å². The van der Waals surface area contributed by atoms with Crippen LogP contribution in [0.3, 0.4) is 0 Å². The zero-order valence-electron chi connectivity index (χ0n) is 10.1. The van der Waals surface area contributed by atoms with Gasteiger partial charge in [-0.25, -0.2) is 9.67 Å². The van der Waals surface area contributed by atoms with E-state index in [1.165, 1.54) is 22.2 Å². The molecule has 0 N–H and O–H groups in total. The van der Waals surface area contributed by atoms with Crippen molar-refractivity contribution in [2.45, 2.75) is 6.92 Å². The first kappa shape index (κ1) is 11.7. The van der Waals surface area contributed by atoms with E-state index in [-0.39, 0.29) is 5.78 Å². The minimum atomic E-state index is -0.112. The van der Waals surface area contributed by atoms with E-state index in [1.54, 1.807) is 6.20 Å². The number of thiazole rings is 1. The Balaban J connectivity index is 2.03. The standard InChI is InChI=1S/C13H10N4OS/c1-9-14-8-12(19-9)13(18)11-7-15-16-17(11)10-5-3-2-4-6-10/h2-8H,1H3. The van der Waals surface area contributed by atoms with Crippen molar-refractivity contribution < 1.29 is 4.79 Å². The number of hydrogen-bond donors (Lipinski definition) is 0. The molecule has 0 unspecified atom stereocenters. The summed E-state index contributed by atoms with van der Waals surface area (Å²) in [6, 6.07) is 9.45. The molecule has 0 aliphatic carbocycles. The molecule has 0 saturated heterocycles. The van der Waals surface area contributed by atoms with E-state index in [0.717, 1.165) is 10.7 Å². The summed E-state index contributed by atoms with van der Waals surface area (Å²) in [6.07, 6.45) is 3.06. The van der Waals surface area contributed by atoms with E-state index in [9.17, 15) is 4.79 Å². The number of carbonyl (C=O) groups is 1. The molecule has 3 aromatic rings. The molecule has 0 atom stereocenters. The lowest BCUT2D eigenvalue weighted by atomic mass is 10.2. The van der Waals surface area contributed by atoms with Crippen LogP contribution < -0.4 is 0 Å². The van der Waals surface area contributed by atoms with Gasteiger partial charge in [0.25, 0.3) is 0 Å². The molecule has 0 fully saturated rings. The van der Waals surface area contributed by atoms with Gasteiger partial charge in [0.1, 0.15) is 5.69 Å². The van der Waals surface area contributed by atoms with E-state index in [1.807, 2.05) is 37.3 Å². The highest BCUT2D eigenvalue weighted by Crippen LogP contribution is 2.18. The van der Waals surface area contributed by atoms with Gasteiger partial charge in [0.05, 0.1) is 21.8 Å². The van der Waals surface area contributed by atoms with Crippen LogP contribution in [0.1, 0.15) is 20.4 Å². The van der Waals surface area contributed by atoms with Crippen LogP contribution in [0.2, 0.25) is 0 Å². The Hall–Kier alpha value is -2.34. The molecule has 94 valence electrons. The predicted octanol–water partition coefficient (Wildman–Crippen LogP) is 2.26. The van der Waals surface area contributed by atoms with Crippen LogP contribution in [-0.2, 0) is 0 Å². The molecule has 0 amide bonds. The highest BCUT2D eigenvalue weighted by molar-refractivity contribution is 7.13. The van der Waals surface area contributed by atoms with Gasteiger partial charge in [0.15, 0.2) is 0 Å². The lowest BCUT2D eigenvalue weighted by Gasteiger charge is -2.03. The maximum Gasteiger partial charge on any atom is 0.224 e. The van der Waals surface area contributed by atoms with Gasteiger partial charge in [-0.2, -0.15) is 0 Å². The second-order valence-electron chi connectivity index (χ2n) is 3.94. The summed E-state index contributed by atoms with van der Waals surface area (Å²) in [5.41, 5.74) is 1.25. The molecule has 0 aliphatic rings. The van der Waals surface area contributed by atoms with E-state index in [4.69, 9.17) is 0 Å². The number of hydrogen-bond acceptors (Lipinski definition) is 5. The van der Waals surface area contributed by atoms with Gasteiger partial charge < -0.3 is 0 Å². The number of ketones is 1. The van der Waals surface area contributed by atoms with Crippen molar-refractivity contribution in [3.05, 3.63) is 58.3 Å². The molecule has 3 rings (SSSR count). The Kier molecular flexibility index (Phi) is 2.92. The highest BCUT2D eigenvalue weighted by Gasteiger charge is 2.18. The molecule has 19 heavy (non-hydrogen) atoms. The summed E-state index contributed by atoms with van der Waals surface area (Å²) in [4.78, 5) is 17.1. The minimum absolute atomic E-state index is 0.112. The first-order valence-corrected chi connectivity index (χ1v) is 6.50. The molecular weight excluding hydrogens is 260 g/mol. The lowest BCUT2D eigenvalue weighted by Crippen LogP contribution is -2.08. The van der Waals surface area contributed by atoms with Crippen molar-refractivity contribution in [1.29, 1.82) is 0 Å². The lowest BCUT2D eigenvalue weighted by molar-refractivity contribution is 0.103. The normalized spacial score (nSPS) is 10.6. The fraction of sp³-hybridized carbons (Fsp3) is 0.0769. The number of benzene rings is 1. The smallest absolute Gasteiger partial charge is 0.224 e. The Bertz CT molecular complexity index is 717. The van der Waals surface area contributed by atoms with E-state index >= 15 is 0 Å². The van der Waals surface area contributed by atoms with Crippen LogP contribution in [0.15, 0.2) is 42.7 Å². The first-order chi connectivity index (χ1) is 9.25.